The van der Waals surface area contributed by atoms with Gasteiger partial charge in [0.1, 0.15) is 5.82 Å². The van der Waals surface area contributed by atoms with Crippen molar-refractivity contribution in [2.24, 2.45) is 0 Å². The van der Waals surface area contributed by atoms with Crippen LogP contribution in [0.1, 0.15) is 0 Å². The molecule has 0 bridgehead atoms. The van der Waals surface area contributed by atoms with Crippen LogP contribution in [0.4, 0.5) is 10.1 Å². The molecule has 0 fully saturated rings. The molecule has 0 aromatic heterocycles. The van der Waals surface area contributed by atoms with Crippen LogP contribution < -0.4 is 0 Å². The van der Waals surface area contributed by atoms with Crippen molar-refractivity contribution >= 4 is 17.4 Å². The van der Waals surface area contributed by atoms with Crippen LogP contribution in [0.15, 0.2) is 23.1 Å². The molecule has 1 rings (SSSR count). The summed E-state index contributed by atoms with van der Waals surface area (Å²) in [6, 6.07) is 3.73. The molecule has 0 aliphatic rings. The highest BCUT2D eigenvalue weighted by Gasteiger charge is 2.10. The summed E-state index contributed by atoms with van der Waals surface area (Å²) in [4.78, 5) is 12.2. The highest BCUT2D eigenvalue weighted by Crippen LogP contribution is 2.25. The molecule has 0 atom stereocenters. The van der Waals surface area contributed by atoms with Crippen LogP contribution in [0.5, 0.6) is 0 Å². The summed E-state index contributed by atoms with van der Waals surface area (Å²) in [5, 5.41) is 10.4. The Hall–Kier alpha value is -1.14. The Balaban J connectivity index is 2.64. The Bertz CT molecular complexity index is 385. The van der Waals surface area contributed by atoms with Crippen LogP contribution >= 0.6 is 11.8 Å². The number of benzene rings is 1. The summed E-state index contributed by atoms with van der Waals surface area (Å²) in [6.07, 6.45) is 0. The van der Waals surface area contributed by atoms with Crippen LogP contribution in [-0.4, -0.2) is 36.2 Å². The average molecular weight is 244 g/mol. The van der Waals surface area contributed by atoms with Crippen LogP contribution in [0.2, 0.25) is 0 Å². The lowest BCUT2D eigenvalue weighted by molar-refractivity contribution is -0.385. The Labute approximate surface area is 97.6 Å². The van der Waals surface area contributed by atoms with Crippen LogP contribution in [0.25, 0.3) is 0 Å². The van der Waals surface area contributed by atoms with E-state index < -0.39 is 10.7 Å². The Morgan fingerprint density at radius 1 is 1.50 bits per heavy atom. The molecule has 0 radical (unpaired) electrons. The van der Waals surface area contributed by atoms with Gasteiger partial charge in [-0.25, -0.2) is 4.39 Å². The number of thioether (sulfide) groups is 1. The van der Waals surface area contributed by atoms with Crippen molar-refractivity contribution < 1.29 is 9.31 Å². The summed E-state index contributed by atoms with van der Waals surface area (Å²) >= 11 is 1.36. The zero-order valence-electron chi connectivity index (χ0n) is 9.14. The standard InChI is InChI=1S/C10H13FN2O2S/c1-12(2)5-6-16-10-4-3-8(13(14)15)7-9(10)11/h3-4,7H,5-6H2,1-2H3. The third kappa shape index (κ3) is 3.79. The third-order valence-electron chi connectivity index (χ3n) is 1.92. The molecule has 0 heterocycles. The lowest BCUT2D eigenvalue weighted by Gasteiger charge is -2.08. The van der Waals surface area contributed by atoms with Gasteiger partial charge in [0.15, 0.2) is 0 Å². The molecule has 0 aliphatic carbocycles. The molecular weight excluding hydrogens is 231 g/mol. The summed E-state index contributed by atoms with van der Waals surface area (Å²) in [7, 11) is 3.87. The van der Waals surface area contributed by atoms with Crippen molar-refractivity contribution in [2.75, 3.05) is 26.4 Å². The molecule has 0 N–H and O–H groups in total. The van der Waals surface area contributed by atoms with Gasteiger partial charge >= 0.3 is 0 Å². The molecule has 0 spiro atoms. The second-order valence-electron chi connectivity index (χ2n) is 3.52. The van der Waals surface area contributed by atoms with Gasteiger partial charge in [0.25, 0.3) is 5.69 Å². The van der Waals surface area contributed by atoms with Crippen molar-refractivity contribution in [2.45, 2.75) is 4.90 Å². The highest BCUT2D eigenvalue weighted by molar-refractivity contribution is 7.99. The van der Waals surface area contributed by atoms with Crippen LogP contribution in [0.3, 0.4) is 0 Å². The molecule has 0 saturated heterocycles. The maximum absolute atomic E-state index is 13.4. The van der Waals surface area contributed by atoms with Gasteiger partial charge in [-0.2, -0.15) is 0 Å². The van der Waals surface area contributed by atoms with Gasteiger partial charge < -0.3 is 4.90 Å². The lowest BCUT2D eigenvalue weighted by atomic mass is 10.3. The second-order valence-corrected chi connectivity index (χ2v) is 4.66. The minimum atomic E-state index is -0.600. The largest absolute Gasteiger partial charge is 0.309 e. The molecule has 0 aliphatic heterocycles. The number of non-ortho nitro benzene ring substituents is 1. The first kappa shape index (κ1) is 12.9. The highest BCUT2D eigenvalue weighted by atomic mass is 32.2. The fourth-order valence-electron chi connectivity index (χ4n) is 1.06. The van der Waals surface area contributed by atoms with Gasteiger partial charge in [0.2, 0.25) is 0 Å². The van der Waals surface area contributed by atoms with E-state index in [9.17, 15) is 14.5 Å². The van der Waals surface area contributed by atoms with E-state index in [1.165, 1.54) is 23.9 Å². The zero-order chi connectivity index (χ0) is 12.1. The topological polar surface area (TPSA) is 46.4 Å². The first-order valence-corrected chi connectivity index (χ1v) is 5.70. The van der Waals surface area contributed by atoms with E-state index in [-0.39, 0.29) is 5.69 Å². The SMILES string of the molecule is CN(C)CCSc1ccc([N+](=O)[O-])cc1F. The van der Waals surface area contributed by atoms with E-state index in [4.69, 9.17) is 0 Å². The minimum Gasteiger partial charge on any atom is -0.309 e. The van der Waals surface area contributed by atoms with Gasteiger partial charge in [-0.3, -0.25) is 10.1 Å². The molecule has 0 unspecified atom stereocenters. The van der Waals surface area contributed by atoms with Crippen LogP contribution in [0, 0.1) is 15.9 Å². The number of nitrogens with zero attached hydrogens (tertiary/aromatic N) is 2. The van der Waals surface area contributed by atoms with Crippen molar-refractivity contribution in [3.05, 3.63) is 34.1 Å². The molecule has 0 amide bonds. The normalized spacial score (nSPS) is 10.8. The molecule has 4 nitrogen and oxygen atoms in total. The van der Waals surface area contributed by atoms with E-state index in [1.807, 2.05) is 19.0 Å². The molecule has 0 saturated carbocycles. The molecule has 1 aromatic carbocycles. The summed E-state index contributed by atoms with van der Waals surface area (Å²) in [5.41, 5.74) is -0.213. The molecule has 1 aromatic rings. The Morgan fingerprint density at radius 3 is 2.69 bits per heavy atom. The average Bonchev–Trinajstić information content (AvgIpc) is 2.19. The first-order valence-electron chi connectivity index (χ1n) is 4.72. The molecule has 88 valence electrons. The number of rotatable bonds is 5. The number of nitro groups is 1. The Kier molecular flexibility index (Phi) is 4.70. The molecule has 6 heteroatoms. The van der Waals surface area contributed by atoms with Gasteiger partial charge in [-0.1, -0.05) is 0 Å². The fourth-order valence-corrected chi connectivity index (χ4v) is 2.10. The van der Waals surface area contributed by atoms with E-state index in [2.05, 4.69) is 0 Å². The number of hydrogen-bond acceptors (Lipinski definition) is 4. The monoisotopic (exact) mass is 244 g/mol. The lowest BCUT2D eigenvalue weighted by Crippen LogP contribution is -2.14. The number of halogens is 1. The number of hydrogen-bond donors (Lipinski definition) is 0. The Morgan fingerprint density at radius 2 is 2.19 bits per heavy atom. The van der Waals surface area contributed by atoms with E-state index in [0.29, 0.717) is 4.90 Å². The van der Waals surface area contributed by atoms with Gasteiger partial charge in [0, 0.05) is 23.3 Å². The first-order chi connectivity index (χ1) is 7.50. The van der Waals surface area contributed by atoms with Crippen molar-refractivity contribution in [3.63, 3.8) is 0 Å². The van der Waals surface area contributed by atoms with Crippen molar-refractivity contribution in [3.8, 4) is 0 Å². The third-order valence-corrected chi connectivity index (χ3v) is 2.95. The summed E-state index contributed by atoms with van der Waals surface area (Å²) in [6.45, 7) is 0.834. The predicted molar refractivity (Wildman–Crippen MR) is 62.3 cm³/mol. The number of nitro benzene ring substituents is 1. The summed E-state index contributed by atoms with van der Waals surface area (Å²) in [5.74, 6) is 0.222. The van der Waals surface area contributed by atoms with E-state index >= 15 is 0 Å². The zero-order valence-corrected chi connectivity index (χ0v) is 9.96. The molecular formula is C10H13FN2O2S. The quantitative estimate of drug-likeness (QED) is 0.453. The van der Waals surface area contributed by atoms with Crippen molar-refractivity contribution in [1.29, 1.82) is 0 Å². The molecule has 16 heavy (non-hydrogen) atoms. The predicted octanol–water partition coefficient (Wildman–Crippen LogP) is 2.39. The van der Waals surface area contributed by atoms with Gasteiger partial charge in [-0.05, 0) is 20.2 Å². The van der Waals surface area contributed by atoms with E-state index in [0.717, 1.165) is 18.4 Å². The fraction of sp³-hybridized carbons (Fsp3) is 0.400. The smallest absolute Gasteiger partial charge is 0.272 e. The van der Waals surface area contributed by atoms with Crippen molar-refractivity contribution in [1.82, 2.24) is 4.90 Å². The van der Waals surface area contributed by atoms with Gasteiger partial charge in [-0.15, -0.1) is 11.8 Å². The minimum absolute atomic E-state index is 0.213. The maximum Gasteiger partial charge on any atom is 0.272 e. The maximum atomic E-state index is 13.4. The van der Waals surface area contributed by atoms with Crippen LogP contribution in [-0.2, 0) is 0 Å². The van der Waals surface area contributed by atoms with E-state index in [1.54, 1.807) is 0 Å². The van der Waals surface area contributed by atoms with Gasteiger partial charge in [0.05, 0.1) is 11.0 Å². The summed E-state index contributed by atoms with van der Waals surface area (Å²) < 4.78 is 13.4. The second kappa shape index (κ2) is 5.81.